The number of aryl methyl sites for hydroxylation is 2. The maximum absolute atomic E-state index is 12.0. The molecule has 0 aliphatic heterocycles. The number of aliphatic carboxylic acids is 1. The summed E-state index contributed by atoms with van der Waals surface area (Å²) in [5.74, 6) is -1.38. The van der Waals surface area contributed by atoms with Gasteiger partial charge in [0.2, 0.25) is 0 Å². The molecule has 0 saturated carbocycles. The topological polar surface area (TPSA) is 84.2 Å². The number of aromatic nitrogens is 2. The van der Waals surface area contributed by atoms with E-state index in [4.69, 9.17) is 5.11 Å². The highest BCUT2D eigenvalue weighted by Gasteiger charge is 2.22. The molecule has 6 nitrogen and oxygen atoms in total. The number of nitrogens with one attached hydrogen (secondary N) is 1. The van der Waals surface area contributed by atoms with Gasteiger partial charge in [-0.25, -0.2) is 4.79 Å². The third kappa shape index (κ3) is 3.32. The van der Waals surface area contributed by atoms with Crippen LogP contribution in [0.3, 0.4) is 0 Å². The predicted octanol–water partition coefficient (Wildman–Crippen LogP) is 0.966. The van der Waals surface area contributed by atoms with Gasteiger partial charge in [0.25, 0.3) is 5.91 Å². The van der Waals surface area contributed by atoms with Crippen molar-refractivity contribution in [3.8, 4) is 0 Å². The highest BCUT2D eigenvalue weighted by Crippen LogP contribution is 2.08. The fourth-order valence-corrected chi connectivity index (χ4v) is 1.77. The van der Waals surface area contributed by atoms with Crippen LogP contribution >= 0.6 is 0 Å². The third-order valence-electron chi connectivity index (χ3n) is 2.67. The summed E-state index contributed by atoms with van der Waals surface area (Å²) in [6.45, 7) is 3.78. The zero-order valence-electron chi connectivity index (χ0n) is 10.9. The number of amides is 1. The number of carbonyl (C=O) groups excluding carboxylic acids is 1. The fraction of sp³-hybridized carbons (Fsp3) is 0.583. The average molecular weight is 253 g/mol. The lowest BCUT2D eigenvalue weighted by molar-refractivity contribution is -0.139. The van der Waals surface area contributed by atoms with Crippen LogP contribution in [0.15, 0.2) is 6.20 Å². The number of hydrogen-bond donors (Lipinski definition) is 2. The maximum Gasteiger partial charge on any atom is 0.326 e. The van der Waals surface area contributed by atoms with Crippen molar-refractivity contribution in [3.05, 3.63) is 17.5 Å². The van der Waals surface area contributed by atoms with E-state index in [-0.39, 0.29) is 5.91 Å². The molecule has 0 fully saturated rings. The molecule has 0 bridgehead atoms. The molecule has 6 heteroatoms. The third-order valence-corrected chi connectivity index (χ3v) is 2.67. The molecule has 1 heterocycles. The number of carboxylic acids is 1. The van der Waals surface area contributed by atoms with E-state index in [2.05, 4.69) is 10.4 Å². The first-order chi connectivity index (χ1) is 8.49. The molecule has 100 valence electrons. The molecule has 0 saturated heterocycles. The Bertz CT molecular complexity index is 440. The first kappa shape index (κ1) is 14.2. The molecule has 0 aliphatic rings. The van der Waals surface area contributed by atoms with Crippen LogP contribution in [0.5, 0.6) is 0 Å². The normalized spacial score (nSPS) is 12.2. The van der Waals surface area contributed by atoms with Crippen molar-refractivity contribution in [3.63, 3.8) is 0 Å². The Morgan fingerprint density at radius 3 is 2.67 bits per heavy atom. The predicted molar refractivity (Wildman–Crippen MR) is 66.4 cm³/mol. The van der Waals surface area contributed by atoms with E-state index in [0.29, 0.717) is 30.5 Å². The van der Waals surface area contributed by atoms with Gasteiger partial charge < -0.3 is 10.4 Å². The van der Waals surface area contributed by atoms with Crippen LogP contribution in [-0.4, -0.2) is 32.8 Å². The van der Waals surface area contributed by atoms with E-state index in [0.717, 1.165) is 0 Å². The van der Waals surface area contributed by atoms with Crippen molar-refractivity contribution in [2.24, 2.45) is 7.05 Å². The van der Waals surface area contributed by atoms with Gasteiger partial charge in [0.1, 0.15) is 6.04 Å². The van der Waals surface area contributed by atoms with Crippen LogP contribution < -0.4 is 5.32 Å². The molecule has 18 heavy (non-hydrogen) atoms. The van der Waals surface area contributed by atoms with Crippen LogP contribution in [0.25, 0.3) is 0 Å². The molecular weight excluding hydrogens is 234 g/mol. The molecule has 1 aromatic rings. The molecule has 1 unspecified atom stereocenters. The SMILES string of the molecule is CCCC(NC(=O)c1cn(C)nc1CC)C(=O)O. The van der Waals surface area contributed by atoms with Crippen LogP contribution in [0, 0.1) is 0 Å². The lowest BCUT2D eigenvalue weighted by atomic mass is 10.1. The first-order valence-electron chi connectivity index (χ1n) is 6.05. The van der Waals surface area contributed by atoms with Gasteiger partial charge in [-0.15, -0.1) is 0 Å². The van der Waals surface area contributed by atoms with Crippen molar-refractivity contribution >= 4 is 11.9 Å². The monoisotopic (exact) mass is 253 g/mol. The lowest BCUT2D eigenvalue weighted by Crippen LogP contribution is -2.40. The van der Waals surface area contributed by atoms with E-state index in [1.54, 1.807) is 17.9 Å². The van der Waals surface area contributed by atoms with Crippen molar-refractivity contribution < 1.29 is 14.7 Å². The summed E-state index contributed by atoms with van der Waals surface area (Å²) in [5.41, 5.74) is 1.12. The number of rotatable bonds is 6. The van der Waals surface area contributed by atoms with Crippen molar-refractivity contribution in [2.45, 2.75) is 39.2 Å². The van der Waals surface area contributed by atoms with Gasteiger partial charge in [0, 0.05) is 13.2 Å². The van der Waals surface area contributed by atoms with E-state index in [1.807, 2.05) is 13.8 Å². The fourth-order valence-electron chi connectivity index (χ4n) is 1.77. The molecule has 0 aliphatic carbocycles. The minimum Gasteiger partial charge on any atom is -0.480 e. The zero-order chi connectivity index (χ0) is 13.7. The molecule has 1 atom stereocenters. The molecule has 1 aromatic heterocycles. The minimum absolute atomic E-state index is 0.374. The second-order valence-electron chi connectivity index (χ2n) is 4.17. The summed E-state index contributed by atoms with van der Waals surface area (Å²) < 4.78 is 1.56. The molecule has 0 aromatic carbocycles. The molecule has 1 rings (SSSR count). The van der Waals surface area contributed by atoms with Crippen molar-refractivity contribution in [1.82, 2.24) is 15.1 Å². The molecule has 2 N–H and O–H groups in total. The van der Waals surface area contributed by atoms with Gasteiger partial charge in [0.15, 0.2) is 0 Å². The second-order valence-corrected chi connectivity index (χ2v) is 4.17. The van der Waals surface area contributed by atoms with Gasteiger partial charge in [-0.05, 0) is 12.8 Å². The van der Waals surface area contributed by atoms with Crippen LogP contribution in [0.1, 0.15) is 42.7 Å². The van der Waals surface area contributed by atoms with Crippen molar-refractivity contribution in [1.29, 1.82) is 0 Å². The quantitative estimate of drug-likeness (QED) is 0.791. The summed E-state index contributed by atoms with van der Waals surface area (Å²) in [7, 11) is 1.73. The van der Waals surface area contributed by atoms with Gasteiger partial charge in [-0.1, -0.05) is 20.3 Å². The summed E-state index contributed by atoms with van der Waals surface area (Å²) in [6, 6.07) is -0.840. The van der Waals surface area contributed by atoms with E-state index < -0.39 is 12.0 Å². The first-order valence-corrected chi connectivity index (χ1v) is 6.05. The van der Waals surface area contributed by atoms with Gasteiger partial charge in [0.05, 0.1) is 11.3 Å². The number of hydrogen-bond acceptors (Lipinski definition) is 3. The van der Waals surface area contributed by atoms with E-state index in [1.165, 1.54) is 0 Å². The second kappa shape index (κ2) is 6.18. The van der Waals surface area contributed by atoms with Gasteiger partial charge in [-0.3, -0.25) is 9.48 Å². The Balaban J connectivity index is 2.83. The number of carbonyl (C=O) groups is 2. The lowest BCUT2D eigenvalue weighted by Gasteiger charge is -2.13. The largest absolute Gasteiger partial charge is 0.480 e. The van der Waals surface area contributed by atoms with Crippen molar-refractivity contribution in [2.75, 3.05) is 0 Å². The van der Waals surface area contributed by atoms with Crippen LogP contribution in [-0.2, 0) is 18.3 Å². The Morgan fingerprint density at radius 1 is 1.50 bits per heavy atom. The minimum atomic E-state index is -1.01. The van der Waals surface area contributed by atoms with E-state index >= 15 is 0 Å². The van der Waals surface area contributed by atoms with Crippen LogP contribution in [0.2, 0.25) is 0 Å². The number of nitrogens with zero attached hydrogens (tertiary/aromatic N) is 2. The van der Waals surface area contributed by atoms with Gasteiger partial charge >= 0.3 is 5.97 Å². The van der Waals surface area contributed by atoms with E-state index in [9.17, 15) is 9.59 Å². The Hall–Kier alpha value is -1.85. The molecule has 0 radical (unpaired) electrons. The smallest absolute Gasteiger partial charge is 0.326 e. The summed E-state index contributed by atoms with van der Waals surface area (Å²) in [4.78, 5) is 23.0. The maximum atomic E-state index is 12.0. The van der Waals surface area contributed by atoms with Gasteiger partial charge in [-0.2, -0.15) is 5.10 Å². The molecule has 0 spiro atoms. The summed E-state index contributed by atoms with van der Waals surface area (Å²) in [6.07, 6.45) is 3.36. The molecule has 1 amide bonds. The standard InChI is InChI=1S/C12H19N3O3/c1-4-6-10(12(17)18)13-11(16)8-7-15(3)14-9(8)5-2/h7,10H,4-6H2,1-3H3,(H,13,16)(H,17,18). The van der Waals surface area contributed by atoms with Crippen LogP contribution in [0.4, 0.5) is 0 Å². The Kier molecular flexibility index (Phi) is 4.88. The Labute approximate surface area is 106 Å². The highest BCUT2D eigenvalue weighted by molar-refractivity contribution is 5.97. The zero-order valence-corrected chi connectivity index (χ0v) is 10.9. The summed E-state index contributed by atoms with van der Waals surface area (Å²) >= 11 is 0. The molecular formula is C12H19N3O3. The highest BCUT2D eigenvalue weighted by atomic mass is 16.4. The Morgan fingerprint density at radius 2 is 2.17 bits per heavy atom. The average Bonchev–Trinajstić information content (AvgIpc) is 2.69. The summed E-state index contributed by atoms with van der Waals surface area (Å²) in [5, 5.41) is 15.7. The number of carboxylic acid groups (broad SMARTS) is 1.